The summed E-state index contributed by atoms with van der Waals surface area (Å²) >= 11 is 0.901. The van der Waals surface area contributed by atoms with E-state index in [1.807, 2.05) is 0 Å². The van der Waals surface area contributed by atoms with Crippen molar-refractivity contribution in [3.05, 3.63) is 52.9 Å². The molecule has 0 unspecified atom stereocenters. The van der Waals surface area contributed by atoms with Gasteiger partial charge in [-0.1, -0.05) is 0 Å². The van der Waals surface area contributed by atoms with Crippen molar-refractivity contribution in [3.63, 3.8) is 0 Å². The summed E-state index contributed by atoms with van der Waals surface area (Å²) in [6.07, 6.45) is 1.56. The van der Waals surface area contributed by atoms with Crippen molar-refractivity contribution in [2.75, 3.05) is 0 Å². The van der Waals surface area contributed by atoms with Crippen LogP contribution in [0.25, 0.3) is 17.4 Å². The lowest BCUT2D eigenvalue weighted by Crippen LogP contribution is -2.34. The number of carbonyl (C=O) groups is 2. The highest BCUT2D eigenvalue weighted by molar-refractivity contribution is 8.18. The molecule has 3 rings (SSSR count). The number of hydrogen-bond acceptors (Lipinski definition) is 4. The molecule has 0 saturated carbocycles. The average Bonchev–Trinajstić information content (AvgIpc) is 3.05. The second-order valence-electron chi connectivity index (χ2n) is 5.35. The average molecular weight is 331 g/mol. The van der Waals surface area contributed by atoms with Crippen LogP contribution in [0.2, 0.25) is 0 Å². The second-order valence-corrected chi connectivity index (χ2v) is 6.35. The van der Waals surface area contributed by atoms with Gasteiger partial charge in [0.1, 0.15) is 17.3 Å². The SMILES string of the molecule is CC(C)N1C(=O)SC(=Cc2ccc(-c3ccc(F)cc3)o2)C1=O. The van der Waals surface area contributed by atoms with E-state index in [-0.39, 0.29) is 23.0 Å². The summed E-state index contributed by atoms with van der Waals surface area (Å²) in [5, 5.41) is -0.276. The smallest absolute Gasteiger partial charge is 0.293 e. The molecule has 0 radical (unpaired) electrons. The molecule has 1 aliphatic rings. The molecule has 0 bridgehead atoms. The molecule has 1 fully saturated rings. The van der Waals surface area contributed by atoms with Crippen molar-refractivity contribution < 1.29 is 18.4 Å². The van der Waals surface area contributed by atoms with E-state index in [0.717, 1.165) is 17.3 Å². The molecule has 0 aliphatic carbocycles. The van der Waals surface area contributed by atoms with E-state index < -0.39 is 0 Å². The minimum atomic E-state index is -0.317. The number of imide groups is 1. The number of carbonyl (C=O) groups excluding carboxylic acids is 2. The third kappa shape index (κ3) is 3.07. The van der Waals surface area contributed by atoms with Gasteiger partial charge in [-0.05, 0) is 62.0 Å². The van der Waals surface area contributed by atoms with E-state index in [1.54, 1.807) is 44.2 Å². The van der Waals surface area contributed by atoms with Crippen molar-refractivity contribution in [3.8, 4) is 11.3 Å². The first-order chi connectivity index (χ1) is 11.0. The normalized spacial score (nSPS) is 16.9. The van der Waals surface area contributed by atoms with Gasteiger partial charge >= 0.3 is 0 Å². The van der Waals surface area contributed by atoms with E-state index in [1.165, 1.54) is 17.0 Å². The third-order valence-corrected chi connectivity index (χ3v) is 4.25. The lowest BCUT2D eigenvalue weighted by atomic mass is 10.2. The van der Waals surface area contributed by atoms with Gasteiger partial charge in [-0.25, -0.2) is 4.39 Å². The van der Waals surface area contributed by atoms with Gasteiger partial charge in [-0.15, -0.1) is 0 Å². The van der Waals surface area contributed by atoms with Crippen molar-refractivity contribution in [2.45, 2.75) is 19.9 Å². The molecule has 1 aliphatic heterocycles. The molecule has 6 heteroatoms. The van der Waals surface area contributed by atoms with Crippen LogP contribution in [0.3, 0.4) is 0 Å². The Morgan fingerprint density at radius 3 is 2.43 bits per heavy atom. The maximum absolute atomic E-state index is 12.9. The van der Waals surface area contributed by atoms with Gasteiger partial charge in [0.2, 0.25) is 0 Å². The van der Waals surface area contributed by atoms with Crippen LogP contribution < -0.4 is 0 Å². The van der Waals surface area contributed by atoms with E-state index in [0.29, 0.717) is 16.4 Å². The number of thioether (sulfide) groups is 1. The van der Waals surface area contributed by atoms with Crippen molar-refractivity contribution in [1.29, 1.82) is 0 Å². The standard InChI is InChI=1S/C17H14FNO3S/c1-10(2)19-16(20)15(23-17(19)21)9-13-7-8-14(22-13)11-3-5-12(18)6-4-11/h3-10H,1-2H3. The molecule has 2 amide bonds. The molecule has 0 N–H and O–H groups in total. The zero-order valence-electron chi connectivity index (χ0n) is 12.6. The highest BCUT2D eigenvalue weighted by Crippen LogP contribution is 2.34. The summed E-state index contributed by atoms with van der Waals surface area (Å²) < 4.78 is 18.6. The number of furan rings is 1. The molecule has 23 heavy (non-hydrogen) atoms. The first-order valence-corrected chi connectivity index (χ1v) is 7.90. The Morgan fingerprint density at radius 1 is 1.13 bits per heavy atom. The first kappa shape index (κ1) is 15.6. The minimum absolute atomic E-state index is 0.181. The summed E-state index contributed by atoms with van der Waals surface area (Å²) in [7, 11) is 0. The molecule has 4 nitrogen and oxygen atoms in total. The summed E-state index contributed by atoms with van der Waals surface area (Å²) in [6, 6.07) is 9.21. The fourth-order valence-corrected chi connectivity index (χ4v) is 3.19. The van der Waals surface area contributed by atoms with Crippen LogP contribution in [-0.4, -0.2) is 22.1 Å². The zero-order valence-corrected chi connectivity index (χ0v) is 13.4. The van der Waals surface area contributed by atoms with Gasteiger partial charge in [0, 0.05) is 17.7 Å². The van der Waals surface area contributed by atoms with Crippen LogP contribution in [-0.2, 0) is 4.79 Å². The Kier molecular flexibility index (Phi) is 4.09. The van der Waals surface area contributed by atoms with Gasteiger partial charge in [0.05, 0.1) is 4.91 Å². The number of rotatable bonds is 3. The van der Waals surface area contributed by atoms with E-state index >= 15 is 0 Å². The van der Waals surface area contributed by atoms with E-state index in [2.05, 4.69) is 0 Å². The largest absolute Gasteiger partial charge is 0.457 e. The predicted molar refractivity (Wildman–Crippen MR) is 87.0 cm³/mol. The Hall–Kier alpha value is -2.34. The Morgan fingerprint density at radius 2 is 1.83 bits per heavy atom. The summed E-state index contributed by atoms with van der Waals surface area (Å²) in [5.41, 5.74) is 0.737. The fraction of sp³-hybridized carbons (Fsp3) is 0.176. The van der Waals surface area contributed by atoms with Crippen molar-refractivity contribution >= 4 is 29.0 Å². The molecule has 0 atom stereocenters. The van der Waals surface area contributed by atoms with Gasteiger partial charge in [0.25, 0.3) is 11.1 Å². The quantitative estimate of drug-likeness (QED) is 0.775. The van der Waals surface area contributed by atoms with Crippen LogP contribution in [0, 0.1) is 5.82 Å². The molecular weight excluding hydrogens is 317 g/mol. The van der Waals surface area contributed by atoms with Crippen LogP contribution in [0.4, 0.5) is 9.18 Å². The highest BCUT2D eigenvalue weighted by Gasteiger charge is 2.36. The van der Waals surface area contributed by atoms with E-state index in [4.69, 9.17) is 4.42 Å². The number of benzene rings is 1. The molecule has 0 spiro atoms. The van der Waals surface area contributed by atoms with E-state index in [9.17, 15) is 14.0 Å². The first-order valence-electron chi connectivity index (χ1n) is 7.08. The number of nitrogens with zero attached hydrogens (tertiary/aromatic N) is 1. The molecule has 118 valence electrons. The summed E-state index contributed by atoms with van der Waals surface area (Å²) in [5.74, 6) is 0.413. The molecular formula is C17H14FNO3S. The Bertz CT molecular complexity index is 792. The van der Waals surface area contributed by atoms with Gasteiger partial charge in [-0.2, -0.15) is 0 Å². The molecule has 1 saturated heterocycles. The molecule has 2 aromatic rings. The maximum atomic E-state index is 12.9. The third-order valence-electron chi connectivity index (χ3n) is 3.37. The Balaban J connectivity index is 1.85. The lowest BCUT2D eigenvalue weighted by molar-refractivity contribution is -0.123. The molecule has 2 heterocycles. The lowest BCUT2D eigenvalue weighted by Gasteiger charge is -2.16. The van der Waals surface area contributed by atoms with Gasteiger partial charge in [0.15, 0.2) is 0 Å². The summed E-state index contributed by atoms with van der Waals surface area (Å²) in [6.45, 7) is 3.58. The Labute approximate surface area is 137 Å². The number of halogens is 1. The highest BCUT2D eigenvalue weighted by atomic mass is 32.2. The maximum Gasteiger partial charge on any atom is 0.293 e. The number of hydrogen-bond donors (Lipinski definition) is 0. The number of amides is 2. The van der Waals surface area contributed by atoms with Crippen LogP contribution in [0.5, 0.6) is 0 Å². The monoisotopic (exact) mass is 331 g/mol. The van der Waals surface area contributed by atoms with Crippen LogP contribution in [0.15, 0.2) is 45.7 Å². The molecule has 1 aromatic heterocycles. The fourth-order valence-electron chi connectivity index (χ4n) is 2.25. The predicted octanol–water partition coefficient (Wildman–Crippen LogP) is 4.53. The van der Waals surface area contributed by atoms with Gasteiger partial charge < -0.3 is 4.42 Å². The van der Waals surface area contributed by atoms with Crippen molar-refractivity contribution in [1.82, 2.24) is 4.90 Å². The topological polar surface area (TPSA) is 50.5 Å². The van der Waals surface area contributed by atoms with Crippen LogP contribution >= 0.6 is 11.8 Å². The second kappa shape index (κ2) is 6.04. The van der Waals surface area contributed by atoms with Crippen LogP contribution in [0.1, 0.15) is 19.6 Å². The summed E-state index contributed by atoms with van der Waals surface area (Å²) in [4.78, 5) is 25.6. The minimum Gasteiger partial charge on any atom is -0.457 e. The van der Waals surface area contributed by atoms with Gasteiger partial charge in [-0.3, -0.25) is 14.5 Å². The van der Waals surface area contributed by atoms with Crippen molar-refractivity contribution in [2.24, 2.45) is 0 Å². The molecule has 1 aromatic carbocycles. The zero-order chi connectivity index (χ0) is 16.6.